The zero-order chi connectivity index (χ0) is 15.2. The Morgan fingerprint density at radius 1 is 1.30 bits per heavy atom. The molecular weight excluding hydrogens is 282 g/mol. The molecule has 0 atom stereocenters. The Kier molecular flexibility index (Phi) is 5.93. The van der Waals surface area contributed by atoms with Crippen LogP contribution in [0.1, 0.15) is 0 Å². The number of nitrogens with one attached hydrogen (secondary N) is 1. The summed E-state index contributed by atoms with van der Waals surface area (Å²) in [7, 11) is -0.435. The van der Waals surface area contributed by atoms with Gasteiger partial charge in [0.15, 0.2) is 0 Å². The Hall–Kier alpha value is -1.64. The second-order valence-corrected chi connectivity index (χ2v) is 6.41. The molecule has 0 saturated carbocycles. The molecule has 1 amide bonds. The minimum Gasteiger partial charge on any atom is -0.383 e. The number of hydrogen-bond donors (Lipinski definition) is 2. The number of rotatable bonds is 8. The highest BCUT2D eigenvalue weighted by molar-refractivity contribution is 7.89. The van der Waals surface area contributed by atoms with Crippen molar-refractivity contribution in [2.24, 2.45) is 5.73 Å². The van der Waals surface area contributed by atoms with Crippen molar-refractivity contribution in [3.05, 3.63) is 24.3 Å². The highest BCUT2D eigenvalue weighted by atomic mass is 32.2. The molecular formula is C12H19N3O4S. The fourth-order valence-corrected chi connectivity index (χ4v) is 2.30. The molecule has 1 aromatic carbocycles. The normalized spacial score (nSPS) is 11.6. The Morgan fingerprint density at radius 3 is 2.40 bits per heavy atom. The van der Waals surface area contributed by atoms with E-state index in [1.165, 1.54) is 26.2 Å². The molecule has 0 heterocycles. The molecule has 1 aromatic rings. The molecule has 0 fully saturated rings. The standard InChI is InChI=1S/C12H19N3O4S/c1-15(2)20(17,18)11-5-3-10(4-6-11)14-7-8-19-9-12(13)16/h3-6,14H,7-9H2,1-2H3,(H2,13,16). The van der Waals surface area contributed by atoms with Gasteiger partial charge in [-0.25, -0.2) is 12.7 Å². The molecule has 0 aliphatic rings. The van der Waals surface area contributed by atoms with Crippen molar-refractivity contribution in [1.29, 1.82) is 0 Å². The van der Waals surface area contributed by atoms with Crippen molar-refractivity contribution in [2.75, 3.05) is 39.2 Å². The lowest BCUT2D eigenvalue weighted by Crippen LogP contribution is -2.22. The first-order valence-electron chi connectivity index (χ1n) is 5.96. The van der Waals surface area contributed by atoms with Crippen LogP contribution in [-0.4, -0.2) is 52.5 Å². The number of nitrogens with zero attached hydrogens (tertiary/aromatic N) is 1. The molecule has 0 saturated heterocycles. The van der Waals surface area contributed by atoms with Crippen LogP contribution in [0.3, 0.4) is 0 Å². The molecule has 1 rings (SSSR count). The van der Waals surface area contributed by atoms with E-state index in [2.05, 4.69) is 5.32 Å². The topological polar surface area (TPSA) is 102 Å². The first-order chi connectivity index (χ1) is 9.34. The van der Waals surface area contributed by atoms with E-state index in [0.29, 0.717) is 13.2 Å². The summed E-state index contributed by atoms with van der Waals surface area (Å²) in [5.74, 6) is -0.511. The van der Waals surface area contributed by atoms with Gasteiger partial charge >= 0.3 is 0 Å². The van der Waals surface area contributed by atoms with E-state index < -0.39 is 15.9 Å². The predicted octanol–water partition coefficient (Wildman–Crippen LogP) is -0.149. The number of ether oxygens (including phenoxy) is 1. The number of amides is 1. The molecule has 112 valence electrons. The number of carbonyl (C=O) groups excluding carboxylic acids is 1. The molecule has 0 aliphatic heterocycles. The van der Waals surface area contributed by atoms with Gasteiger partial charge in [0.25, 0.3) is 0 Å². The Balaban J connectivity index is 2.49. The number of nitrogens with two attached hydrogens (primary N) is 1. The SMILES string of the molecule is CN(C)S(=O)(=O)c1ccc(NCCOCC(N)=O)cc1. The second-order valence-electron chi connectivity index (χ2n) is 4.26. The van der Waals surface area contributed by atoms with Gasteiger partial charge in [-0.3, -0.25) is 4.79 Å². The minimum absolute atomic E-state index is 0.109. The average molecular weight is 301 g/mol. The smallest absolute Gasteiger partial charge is 0.243 e. The molecule has 7 nitrogen and oxygen atoms in total. The lowest BCUT2D eigenvalue weighted by Gasteiger charge is -2.12. The minimum atomic E-state index is -3.40. The number of primary amides is 1. The van der Waals surface area contributed by atoms with Crippen LogP contribution in [0.5, 0.6) is 0 Å². The lowest BCUT2D eigenvalue weighted by atomic mass is 10.3. The average Bonchev–Trinajstić information content (AvgIpc) is 2.38. The van der Waals surface area contributed by atoms with Crippen molar-refractivity contribution < 1.29 is 17.9 Å². The van der Waals surface area contributed by atoms with E-state index in [1.54, 1.807) is 12.1 Å². The zero-order valence-corrected chi connectivity index (χ0v) is 12.3. The largest absolute Gasteiger partial charge is 0.383 e. The third-order valence-corrected chi connectivity index (χ3v) is 4.28. The van der Waals surface area contributed by atoms with Crippen molar-refractivity contribution >= 4 is 21.6 Å². The maximum absolute atomic E-state index is 11.8. The van der Waals surface area contributed by atoms with E-state index in [0.717, 1.165) is 9.99 Å². The van der Waals surface area contributed by atoms with Crippen molar-refractivity contribution in [3.63, 3.8) is 0 Å². The molecule has 0 aliphatic carbocycles. The summed E-state index contributed by atoms with van der Waals surface area (Å²) in [5, 5.41) is 3.04. The summed E-state index contributed by atoms with van der Waals surface area (Å²) < 4.78 is 29.8. The predicted molar refractivity (Wildman–Crippen MR) is 75.8 cm³/mol. The number of hydrogen-bond acceptors (Lipinski definition) is 5. The Labute approximate surface area is 118 Å². The molecule has 20 heavy (non-hydrogen) atoms. The third-order valence-electron chi connectivity index (χ3n) is 2.45. The monoisotopic (exact) mass is 301 g/mol. The van der Waals surface area contributed by atoms with Crippen LogP contribution in [-0.2, 0) is 19.6 Å². The molecule has 8 heteroatoms. The summed E-state index contributed by atoms with van der Waals surface area (Å²) in [5.41, 5.74) is 5.69. The summed E-state index contributed by atoms with van der Waals surface area (Å²) in [6, 6.07) is 6.40. The van der Waals surface area contributed by atoms with Gasteiger partial charge in [0.05, 0.1) is 11.5 Å². The fraction of sp³-hybridized carbons (Fsp3) is 0.417. The first-order valence-corrected chi connectivity index (χ1v) is 7.40. The summed E-state index contributed by atoms with van der Waals surface area (Å²) >= 11 is 0. The van der Waals surface area contributed by atoms with Gasteiger partial charge in [-0.05, 0) is 24.3 Å². The van der Waals surface area contributed by atoms with Gasteiger partial charge < -0.3 is 15.8 Å². The van der Waals surface area contributed by atoms with Gasteiger partial charge in [-0.1, -0.05) is 0 Å². The highest BCUT2D eigenvalue weighted by Gasteiger charge is 2.16. The van der Waals surface area contributed by atoms with E-state index in [9.17, 15) is 13.2 Å². The van der Waals surface area contributed by atoms with Crippen molar-refractivity contribution in [1.82, 2.24) is 4.31 Å². The van der Waals surface area contributed by atoms with Crippen LogP contribution in [0.2, 0.25) is 0 Å². The second kappa shape index (κ2) is 7.22. The van der Waals surface area contributed by atoms with Crippen LogP contribution in [0.4, 0.5) is 5.69 Å². The van der Waals surface area contributed by atoms with E-state index in [-0.39, 0.29) is 11.5 Å². The highest BCUT2D eigenvalue weighted by Crippen LogP contribution is 2.16. The van der Waals surface area contributed by atoms with Crippen LogP contribution in [0.15, 0.2) is 29.2 Å². The Morgan fingerprint density at radius 2 is 1.90 bits per heavy atom. The van der Waals surface area contributed by atoms with Gasteiger partial charge in [0, 0.05) is 26.3 Å². The molecule has 0 bridgehead atoms. The van der Waals surface area contributed by atoms with Gasteiger partial charge in [0.2, 0.25) is 15.9 Å². The summed E-state index contributed by atoms with van der Waals surface area (Å²) in [4.78, 5) is 10.7. The molecule has 0 unspecified atom stereocenters. The number of anilines is 1. The molecule has 0 spiro atoms. The molecule has 0 radical (unpaired) electrons. The number of sulfonamides is 1. The van der Waals surface area contributed by atoms with Crippen LogP contribution < -0.4 is 11.1 Å². The lowest BCUT2D eigenvalue weighted by molar-refractivity contribution is -0.122. The molecule has 3 N–H and O–H groups in total. The van der Waals surface area contributed by atoms with E-state index >= 15 is 0 Å². The van der Waals surface area contributed by atoms with Gasteiger partial charge in [-0.15, -0.1) is 0 Å². The maximum Gasteiger partial charge on any atom is 0.243 e. The number of benzene rings is 1. The third kappa shape index (κ3) is 4.80. The van der Waals surface area contributed by atoms with Crippen molar-refractivity contribution in [3.8, 4) is 0 Å². The van der Waals surface area contributed by atoms with Crippen LogP contribution in [0.25, 0.3) is 0 Å². The summed E-state index contributed by atoms with van der Waals surface area (Å²) in [6.45, 7) is 0.718. The summed E-state index contributed by atoms with van der Waals surface area (Å²) in [6.07, 6.45) is 0. The Bertz CT molecular complexity index is 540. The van der Waals surface area contributed by atoms with E-state index in [4.69, 9.17) is 10.5 Å². The fourth-order valence-electron chi connectivity index (χ4n) is 1.40. The van der Waals surface area contributed by atoms with Crippen molar-refractivity contribution in [2.45, 2.75) is 4.90 Å². The van der Waals surface area contributed by atoms with Gasteiger partial charge in [0.1, 0.15) is 6.61 Å². The maximum atomic E-state index is 11.8. The quantitative estimate of drug-likeness (QED) is 0.650. The number of carbonyl (C=O) groups is 1. The zero-order valence-electron chi connectivity index (χ0n) is 11.5. The first kappa shape index (κ1) is 16.4. The van der Waals surface area contributed by atoms with Crippen LogP contribution >= 0.6 is 0 Å². The van der Waals surface area contributed by atoms with Crippen LogP contribution in [0, 0.1) is 0 Å². The molecule has 0 aromatic heterocycles. The van der Waals surface area contributed by atoms with E-state index in [1.807, 2.05) is 0 Å². The van der Waals surface area contributed by atoms with Gasteiger partial charge in [-0.2, -0.15) is 0 Å².